The SMILES string of the molecule is CN(COC=O)/N=N/c1ncc([N+](=O)[O-])s1. The van der Waals surface area contributed by atoms with E-state index in [4.69, 9.17) is 0 Å². The molecule has 0 atom stereocenters. The Bertz CT molecular complexity index is 405. The van der Waals surface area contributed by atoms with Gasteiger partial charge in [0.2, 0.25) is 5.13 Å². The maximum atomic E-state index is 10.3. The Morgan fingerprint density at radius 1 is 1.81 bits per heavy atom. The molecule has 0 aliphatic heterocycles. The van der Waals surface area contributed by atoms with Crippen molar-refractivity contribution in [2.75, 3.05) is 13.8 Å². The maximum absolute atomic E-state index is 10.3. The minimum absolute atomic E-state index is 0.0551. The number of nitrogens with zero attached hydrogens (tertiary/aromatic N) is 5. The summed E-state index contributed by atoms with van der Waals surface area (Å²) in [6.07, 6.45) is 1.10. The summed E-state index contributed by atoms with van der Waals surface area (Å²) in [5.41, 5.74) is 0. The molecule has 1 rings (SSSR count). The standard InChI is InChI=1S/C6H7N5O4S/c1-10(3-15-4-12)9-8-6-7-2-5(16-6)11(13)14/h2,4H,3H2,1H3/b9-8+. The molecule has 0 saturated heterocycles. The van der Waals surface area contributed by atoms with E-state index in [2.05, 4.69) is 20.1 Å². The Morgan fingerprint density at radius 3 is 3.12 bits per heavy atom. The zero-order chi connectivity index (χ0) is 12.0. The van der Waals surface area contributed by atoms with Gasteiger partial charge in [-0.05, 0) is 11.3 Å². The van der Waals surface area contributed by atoms with Crippen LogP contribution in [0.2, 0.25) is 0 Å². The van der Waals surface area contributed by atoms with E-state index in [1.807, 2.05) is 0 Å². The van der Waals surface area contributed by atoms with Crippen LogP contribution < -0.4 is 0 Å². The van der Waals surface area contributed by atoms with Gasteiger partial charge < -0.3 is 4.74 Å². The van der Waals surface area contributed by atoms with Crippen LogP contribution in [0.25, 0.3) is 0 Å². The molecule has 0 N–H and O–H groups in total. The first-order valence-corrected chi connectivity index (χ1v) is 4.73. The van der Waals surface area contributed by atoms with E-state index >= 15 is 0 Å². The third kappa shape index (κ3) is 3.57. The van der Waals surface area contributed by atoms with Gasteiger partial charge in [-0.2, -0.15) is 0 Å². The fourth-order valence-corrected chi connectivity index (χ4v) is 1.22. The van der Waals surface area contributed by atoms with Crippen LogP contribution in [0, 0.1) is 10.1 Å². The van der Waals surface area contributed by atoms with Crippen molar-refractivity contribution in [3.8, 4) is 0 Å². The number of rotatable bonds is 6. The molecule has 0 saturated carbocycles. The molecule has 0 aliphatic rings. The van der Waals surface area contributed by atoms with Gasteiger partial charge in [-0.15, -0.1) is 5.11 Å². The molecule has 0 radical (unpaired) electrons. The monoisotopic (exact) mass is 245 g/mol. The maximum Gasteiger partial charge on any atom is 0.345 e. The number of hydrogen-bond donors (Lipinski definition) is 0. The Balaban J connectivity index is 2.54. The lowest BCUT2D eigenvalue weighted by Gasteiger charge is -2.07. The van der Waals surface area contributed by atoms with Crippen molar-refractivity contribution in [2.24, 2.45) is 10.3 Å². The predicted octanol–water partition coefficient (Wildman–Crippen LogP) is 1.11. The van der Waals surface area contributed by atoms with Gasteiger partial charge >= 0.3 is 5.00 Å². The number of ether oxygens (including phenoxy) is 1. The number of hydrogen-bond acceptors (Lipinski definition) is 8. The van der Waals surface area contributed by atoms with Gasteiger partial charge in [0, 0.05) is 7.05 Å². The van der Waals surface area contributed by atoms with Crippen LogP contribution in [0.5, 0.6) is 0 Å². The zero-order valence-electron chi connectivity index (χ0n) is 8.14. The van der Waals surface area contributed by atoms with E-state index in [9.17, 15) is 14.9 Å². The molecule has 1 heterocycles. The van der Waals surface area contributed by atoms with E-state index in [-0.39, 0.29) is 23.3 Å². The van der Waals surface area contributed by atoms with Gasteiger partial charge in [0.1, 0.15) is 6.20 Å². The lowest BCUT2D eigenvalue weighted by atomic mass is 10.9. The second-order valence-electron chi connectivity index (χ2n) is 2.48. The first kappa shape index (κ1) is 12.0. The van der Waals surface area contributed by atoms with Crippen LogP contribution in [0.15, 0.2) is 16.5 Å². The van der Waals surface area contributed by atoms with Gasteiger partial charge in [-0.25, -0.2) is 9.99 Å². The fourth-order valence-electron chi connectivity index (χ4n) is 0.666. The summed E-state index contributed by atoms with van der Waals surface area (Å²) in [5, 5.41) is 18.8. The van der Waals surface area contributed by atoms with Gasteiger partial charge in [0.15, 0.2) is 6.73 Å². The van der Waals surface area contributed by atoms with Crippen LogP contribution >= 0.6 is 11.3 Å². The average molecular weight is 245 g/mol. The molecule has 10 heteroatoms. The molecule has 16 heavy (non-hydrogen) atoms. The fraction of sp³-hybridized carbons (Fsp3) is 0.333. The third-order valence-corrected chi connectivity index (χ3v) is 2.11. The zero-order valence-corrected chi connectivity index (χ0v) is 8.96. The smallest absolute Gasteiger partial charge is 0.345 e. The van der Waals surface area contributed by atoms with Crippen LogP contribution in [-0.2, 0) is 9.53 Å². The number of nitro groups is 1. The molecule has 0 unspecified atom stereocenters. The molecule has 0 fully saturated rings. The van der Waals surface area contributed by atoms with Crippen LogP contribution in [0.1, 0.15) is 0 Å². The molecule has 0 bridgehead atoms. The van der Waals surface area contributed by atoms with Gasteiger partial charge in [0.05, 0.1) is 4.92 Å². The van der Waals surface area contributed by atoms with Crippen molar-refractivity contribution in [1.82, 2.24) is 9.99 Å². The van der Waals surface area contributed by atoms with Gasteiger partial charge in [0.25, 0.3) is 6.47 Å². The lowest BCUT2D eigenvalue weighted by molar-refractivity contribution is -0.380. The highest BCUT2D eigenvalue weighted by Crippen LogP contribution is 2.27. The molecular weight excluding hydrogens is 238 g/mol. The Kier molecular flexibility index (Phi) is 4.27. The highest BCUT2D eigenvalue weighted by atomic mass is 32.1. The van der Waals surface area contributed by atoms with E-state index in [0.717, 1.165) is 17.5 Å². The first-order chi connectivity index (χ1) is 7.63. The minimum atomic E-state index is -0.560. The molecular formula is C6H7N5O4S. The third-order valence-electron chi connectivity index (χ3n) is 1.27. The molecule has 0 amide bonds. The Morgan fingerprint density at radius 2 is 2.56 bits per heavy atom. The summed E-state index contributed by atoms with van der Waals surface area (Å²) in [6, 6.07) is 0. The Labute approximate surface area is 93.5 Å². The largest absolute Gasteiger partial charge is 0.445 e. The number of carbonyl (C=O) groups is 1. The highest BCUT2D eigenvalue weighted by Gasteiger charge is 2.10. The van der Waals surface area contributed by atoms with Crippen LogP contribution in [0.3, 0.4) is 0 Å². The molecule has 9 nitrogen and oxygen atoms in total. The van der Waals surface area contributed by atoms with Crippen molar-refractivity contribution >= 4 is 27.9 Å². The molecule has 1 aromatic rings. The summed E-state index contributed by atoms with van der Waals surface area (Å²) >= 11 is 0.799. The minimum Gasteiger partial charge on any atom is -0.445 e. The van der Waals surface area contributed by atoms with Crippen molar-refractivity contribution in [2.45, 2.75) is 0 Å². The summed E-state index contributed by atoms with van der Waals surface area (Å²) in [5.74, 6) is 0. The summed E-state index contributed by atoms with van der Waals surface area (Å²) < 4.78 is 4.39. The predicted molar refractivity (Wildman–Crippen MR) is 53.1 cm³/mol. The number of carbonyl (C=O) groups excluding carboxylic acids is 1. The quantitative estimate of drug-likeness (QED) is 0.244. The van der Waals surface area contributed by atoms with E-state index < -0.39 is 4.92 Å². The highest BCUT2D eigenvalue weighted by molar-refractivity contribution is 7.18. The van der Waals surface area contributed by atoms with Crippen molar-refractivity contribution in [3.63, 3.8) is 0 Å². The van der Waals surface area contributed by atoms with Gasteiger partial charge in [-0.1, -0.05) is 5.22 Å². The number of thiazole rings is 1. The van der Waals surface area contributed by atoms with Crippen molar-refractivity contribution in [1.29, 1.82) is 0 Å². The second kappa shape index (κ2) is 5.70. The normalized spacial score (nSPS) is 10.3. The Hall–Kier alpha value is -2.10. The van der Waals surface area contributed by atoms with Crippen LogP contribution in [0.4, 0.5) is 10.1 Å². The molecule has 86 valence electrons. The van der Waals surface area contributed by atoms with E-state index in [1.54, 1.807) is 0 Å². The average Bonchev–Trinajstić information content (AvgIpc) is 2.72. The molecule has 0 spiro atoms. The molecule has 0 aliphatic carbocycles. The second-order valence-corrected chi connectivity index (χ2v) is 3.46. The van der Waals surface area contributed by atoms with Crippen LogP contribution in [-0.4, -0.2) is 35.2 Å². The topological polar surface area (TPSA) is 110 Å². The van der Waals surface area contributed by atoms with E-state index in [1.165, 1.54) is 12.1 Å². The summed E-state index contributed by atoms with van der Waals surface area (Å²) in [7, 11) is 1.52. The summed E-state index contributed by atoms with van der Waals surface area (Å²) in [6.45, 7) is 0.223. The lowest BCUT2D eigenvalue weighted by Crippen LogP contribution is -2.13. The van der Waals surface area contributed by atoms with Gasteiger partial charge in [-0.3, -0.25) is 14.9 Å². The number of aromatic nitrogens is 1. The first-order valence-electron chi connectivity index (χ1n) is 3.91. The van der Waals surface area contributed by atoms with Crippen molar-refractivity contribution in [3.05, 3.63) is 16.3 Å². The van der Waals surface area contributed by atoms with Crippen molar-refractivity contribution < 1.29 is 14.5 Å². The molecule has 0 aromatic carbocycles. The molecule has 1 aromatic heterocycles. The van der Waals surface area contributed by atoms with E-state index in [0.29, 0.717) is 0 Å². The summed E-state index contributed by atoms with van der Waals surface area (Å²) in [4.78, 5) is 23.3.